The van der Waals surface area contributed by atoms with Crippen LogP contribution >= 0.6 is 0 Å². The van der Waals surface area contributed by atoms with Crippen molar-refractivity contribution in [2.75, 3.05) is 18.8 Å². The molecule has 0 radical (unpaired) electrons. The normalized spacial score (nSPS) is 16.0. The van der Waals surface area contributed by atoms with Crippen LogP contribution in [0.2, 0.25) is 0 Å². The van der Waals surface area contributed by atoms with E-state index in [9.17, 15) is 4.79 Å². The Hall–Kier alpha value is -3.97. The van der Waals surface area contributed by atoms with E-state index in [1.165, 1.54) is 16.7 Å². The van der Waals surface area contributed by atoms with E-state index in [2.05, 4.69) is 68.8 Å². The number of hydrogen-bond donors (Lipinski definition) is 2. The van der Waals surface area contributed by atoms with Crippen molar-refractivity contribution in [1.82, 2.24) is 25.0 Å². The van der Waals surface area contributed by atoms with Crippen LogP contribution in [0.25, 0.3) is 22.3 Å². The average Bonchev–Trinajstić information content (AvgIpc) is 3.49. The molecule has 1 atom stereocenters. The number of amides is 1. The maximum Gasteiger partial charge on any atom is 0.255 e. The summed E-state index contributed by atoms with van der Waals surface area (Å²) in [6.45, 7) is 2.57. The van der Waals surface area contributed by atoms with Crippen LogP contribution in [0.4, 0.5) is 5.82 Å². The first-order valence-electron chi connectivity index (χ1n) is 11.5. The highest BCUT2D eigenvalue weighted by molar-refractivity contribution is 5.99. The summed E-state index contributed by atoms with van der Waals surface area (Å²) < 4.78 is 1.72. The summed E-state index contributed by atoms with van der Waals surface area (Å²) in [7, 11) is 1.85. The van der Waals surface area contributed by atoms with Crippen LogP contribution in [0.5, 0.6) is 0 Å². The van der Waals surface area contributed by atoms with Gasteiger partial charge in [0.25, 0.3) is 5.91 Å². The fourth-order valence-corrected chi connectivity index (χ4v) is 4.54. The molecule has 0 saturated carbocycles. The Labute approximate surface area is 199 Å². The van der Waals surface area contributed by atoms with Gasteiger partial charge in [0.1, 0.15) is 5.82 Å². The molecule has 34 heavy (non-hydrogen) atoms. The Morgan fingerprint density at radius 1 is 1.06 bits per heavy atom. The third-order valence-electron chi connectivity index (χ3n) is 6.31. The van der Waals surface area contributed by atoms with Gasteiger partial charge in [0.15, 0.2) is 0 Å². The molecule has 5 rings (SSSR count). The van der Waals surface area contributed by atoms with Crippen LogP contribution in [0.3, 0.4) is 0 Å². The Bertz CT molecular complexity index is 1300. The van der Waals surface area contributed by atoms with Crippen LogP contribution in [0.15, 0.2) is 79.3 Å². The van der Waals surface area contributed by atoms with Crippen molar-refractivity contribution >= 4 is 11.7 Å². The van der Waals surface area contributed by atoms with Crippen molar-refractivity contribution in [1.29, 1.82) is 0 Å². The smallest absolute Gasteiger partial charge is 0.255 e. The number of aryl methyl sites for hydroxylation is 1. The van der Waals surface area contributed by atoms with Gasteiger partial charge in [0.05, 0.1) is 11.8 Å². The molecule has 0 aliphatic carbocycles. The van der Waals surface area contributed by atoms with Gasteiger partial charge in [-0.15, -0.1) is 0 Å². The van der Waals surface area contributed by atoms with Gasteiger partial charge in [-0.1, -0.05) is 54.6 Å². The summed E-state index contributed by atoms with van der Waals surface area (Å²) >= 11 is 0. The third kappa shape index (κ3) is 4.70. The van der Waals surface area contributed by atoms with Crippen LogP contribution in [-0.2, 0) is 13.6 Å². The minimum atomic E-state index is -0.188. The molecule has 3 N–H and O–H groups in total. The van der Waals surface area contributed by atoms with E-state index in [1.54, 1.807) is 23.1 Å². The van der Waals surface area contributed by atoms with Gasteiger partial charge in [0.2, 0.25) is 0 Å². The molecule has 1 aliphatic heterocycles. The van der Waals surface area contributed by atoms with Gasteiger partial charge in [-0.3, -0.25) is 14.4 Å². The topological polar surface area (TPSA) is 89.1 Å². The number of nitrogen functional groups attached to an aromatic ring is 1. The lowest BCUT2D eigenvalue weighted by Crippen LogP contribution is -2.37. The quantitative estimate of drug-likeness (QED) is 0.465. The molecular formula is C27H28N6O. The maximum absolute atomic E-state index is 13.0. The predicted molar refractivity (Wildman–Crippen MR) is 134 cm³/mol. The summed E-state index contributed by atoms with van der Waals surface area (Å²) in [6, 6.07) is 20.8. The van der Waals surface area contributed by atoms with E-state index >= 15 is 0 Å². The first kappa shape index (κ1) is 21.9. The lowest BCUT2D eigenvalue weighted by atomic mass is 9.99. The van der Waals surface area contributed by atoms with Crippen molar-refractivity contribution in [3.8, 4) is 22.3 Å². The molecule has 0 bridgehead atoms. The maximum atomic E-state index is 13.0. The molecule has 1 unspecified atom stereocenters. The summed E-state index contributed by atoms with van der Waals surface area (Å²) in [4.78, 5) is 19.7. The molecule has 1 saturated heterocycles. The second-order valence-corrected chi connectivity index (χ2v) is 8.78. The minimum Gasteiger partial charge on any atom is -0.383 e. The molecule has 4 aromatic rings. The highest BCUT2D eigenvalue weighted by atomic mass is 16.1. The zero-order valence-electron chi connectivity index (χ0n) is 19.2. The standard InChI is InChI=1S/C27H28N6O/c1-32-16-22(15-30-32)21-13-25(26(28)29-14-21)27(34)31-23-11-12-33(18-23)17-20-9-5-6-10-24(20)19-7-3-2-4-8-19/h2-10,13-16,23H,11-12,17-18H2,1H3,(H2,28,29)(H,31,34). The molecule has 1 aliphatic rings. The molecule has 172 valence electrons. The van der Waals surface area contributed by atoms with Crippen molar-refractivity contribution in [3.05, 3.63) is 90.4 Å². The fourth-order valence-electron chi connectivity index (χ4n) is 4.54. The largest absolute Gasteiger partial charge is 0.383 e. The van der Waals surface area contributed by atoms with Crippen LogP contribution in [-0.4, -0.2) is 44.7 Å². The molecule has 7 nitrogen and oxygen atoms in total. The van der Waals surface area contributed by atoms with Crippen molar-refractivity contribution in [2.45, 2.75) is 19.0 Å². The zero-order chi connectivity index (χ0) is 23.5. The van der Waals surface area contributed by atoms with Crippen LogP contribution < -0.4 is 11.1 Å². The van der Waals surface area contributed by atoms with Gasteiger partial charge in [0, 0.05) is 56.2 Å². The van der Waals surface area contributed by atoms with Gasteiger partial charge in [-0.2, -0.15) is 5.10 Å². The number of nitrogens with zero attached hydrogens (tertiary/aromatic N) is 4. The Balaban J connectivity index is 1.25. The second-order valence-electron chi connectivity index (χ2n) is 8.78. The number of carbonyl (C=O) groups is 1. The Morgan fingerprint density at radius 2 is 1.85 bits per heavy atom. The summed E-state index contributed by atoms with van der Waals surface area (Å²) in [5.74, 6) is 0.0454. The fraction of sp³-hybridized carbons (Fsp3) is 0.222. The van der Waals surface area contributed by atoms with Crippen molar-refractivity contribution in [2.24, 2.45) is 7.05 Å². The molecule has 2 aromatic carbocycles. The lowest BCUT2D eigenvalue weighted by molar-refractivity contribution is 0.0938. The number of hydrogen-bond acceptors (Lipinski definition) is 5. The zero-order valence-corrected chi connectivity index (χ0v) is 19.2. The average molecular weight is 453 g/mol. The number of likely N-dealkylation sites (tertiary alicyclic amines) is 1. The van der Waals surface area contributed by atoms with E-state index in [0.717, 1.165) is 37.2 Å². The van der Waals surface area contributed by atoms with Gasteiger partial charge >= 0.3 is 0 Å². The number of rotatable bonds is 6. The van der Waals surface area contributed by atoms with E-state index in [-0.39, 0.29) is 17.8 Å². The molecule has 0 spiro atoms. The first-order chi connectivity index (χ1) is 16.6. The number of nitrogens with one attached hydrogen (secondary N) is 1. The molecular weight excluding hydrogens is 424 g/mol. The monoisotopic (exact) mass is 452 g/mol. The Morgan fingerprint density at radius 3 is 2.65 bits per heavy atom. The molecule has 2 aromatic heterocycles. The number of aromatic nitrogens is 3. The third-order valence-corrected chi connectivity index (χ3v) is 6.31. The highest BCUT2D eigenvalue weighted by Gasteiger charge is 2.26. The molecule has 1 fully saturated rings. The van der Waals surface area contributed by atoms with Crippen molar-refractivity contribution < 1.29 is 4.79 Å². The summed E-state index contributed by atoms with van der Waals surface area (Å²) in [5, 5.41) is 7.35. The number of pyridine rings is 1. The number of carbonyl (C=O) groups excluding carboxylic acids is 1. The second kappa shape index (κ2) is 9.49. The first-order valence-corrected chi connectivity index (χ1v) is 11.5. The van der Waals surface area contributed by atoms with Crippen LogP contribution in [0.1, 0.15) is 22.3 Å². The van der Waals surface area contributed by atoms with Gasteiger partial charge < -0.3 is 11.1 Å². The lowest BCUT2D eigenvalue weighted by Gasteiger charge is -2.19. The summed E-state index contributed by atoms with van der Waals surface area (Å²) in [6.07, 6.45) is 6.20. The SMILES string of the molecule is Cn1cc(-c2cnc(N)c(C(=O)NC3CCN(Cc4ccccc4-c4ccccc4)C3)c2)cn1. The number of nitrogens with two attached hydrogens (primary N) is 1. The molecule has 7 heteroatoms. The van der Waals surface area contributed by atoms with E-state index < -0.39 is 0 Å². The van der Waals surface area contributed by atoms with E-state index in [4.69, 9.17) is 5.73 Å². The predicted octanol–water partition coefficient (Wildman–Crippen LogP) is 3.74. The van der Waals surface area contributed by atoms with Crippen LogP contribution in [0, 0.1) is 0 Å². The highest BCUT2D eigenvalue weighted by Crippen LogP contribution is 2.26. The Kier molecular flexibility index (Phi) is 6.10. The number of anilines is 1. The molecule has 3 heterocycles. The van der Waals surface area contributed by atoms with Crippen molar-refractivity contribution in [3.63, 3.8) is 0 Å². The van der Waals surface area contributed by atoms with E-state index in [1.807, 2.05) is 19.3 Å². The molecule has 1 amide bonds. The number of benzene rings is 2. The van der Waals surface area contributed by atoms with Gasteiger partial charge in [-0.05, 0) is 29.2 Å². The summed E-state index contributed by atoms with van der Waals surface area (Å²) in [5.41, 5.74) is 11.9. The minimum absolute atomic E-state index is 0.0674. The van der Waals surface area contributed by atoms with Gasteiger partial charge in [-0.25, -0.2) is 4.98 Å². The van der Waals surface area contributed by atoms with E-state index in [0.29, 0.717) is 5.56 Å².